The number of nitrogens with one attached hydrogen (secondary N) is 1. The van der Waals surface area contributed by atoms with Gasteiger partial charge in [0.25, 0.3) is 0 Å². The average Bonchev–Trinajstić information content (AvgIpc) is 2.89. The maximum Gasteiger partial charge on any atom is 0.117 e. The van der Waals surface area contributed by atoms with Crippen LogP contribution in [0.2, 0.25) is 5.02 Å². The van der Waals surface area contributed by atoms with E-state index in [-0.39, 0.29) is 0 Å². The molecule has 1 aliphatic rings. The standard InChI is InChI=1S/C13H14ClN3/c1-9-7-17(8-13-15-4-5-16-13)12-6-10(14)2-3-11(9)12/h2-3,6-7H,4-5,8H2,1H3,(H,15,16). The van der Waals surface area contributed by atoms with Crippen LogP contribution in [0.25, 0.3) is 10.9 Å². The van der Waals surface area contributed by atoms with Gasteiger partial charge in [-0.15, -0.1) is 0 Å². The first-order valence-corrected chi connectivity index (χ1v) is 6.14. The van der Waals surface area contributed by atoms with E-state index >= 15 is 0 Å². The number of hydrogen-bond acceptors (Lipinski definition) is 2. The largest absolute Gasteiger partial charge is 0.370 e. The second-order valence-corrected chi connectivity index (χ2v) is 4.79. The maximum atomic E-state index is 6.06. The molecular weight excluding hydrogens is 234 g/mol. The van der Waals surface area contributed by atoms with E-state index in [1.165, 1.54) is 16.5 Å². The van der Waals surface area contributed by atoms with Crippen molar-refractivity contribution < 1.29 is 0 Å². The molecule has 1 aromatic carbocycles. The van der Waals surface area contributed by atoms with Gasteiger partial charge in [0.15, 0.2) is 0 Å². The second-order valence-electron chi connectivity index (χ2n) is 4.36. The van der Waals surface area contributed by atoms with E-state index in [0.717, 1.165) is 30.5 Å². The highest BCUT2D eigenvalue weighted by molar-refractivity contribution is 6.31. The monoisotopic (exact) mass is 247 g/mol. The predicted molar refractivity (Wildman–Crippen MR) is 72.0 cm³/mol. The van der Waals surface area contributed by atoms with Gasteiger partial charge < -0.3 is 9.88 Å². The molecule has 0 unspecified atom stereocenters. The number of hydrogen-bond donors (Lipinski definition) is 1. The molecule has 0 fully saturated rings. The van der Waals surface area contributed by atoms with Crippen LogP contribution in [0.5, 0.6) is 0 Å². The van der Waals surface area contributed by atoms with Crippen LogP contribution >= 0.6 is 11.6 Å². The highest BCUT2D eigenvalue weighted by Crippen LogP contribution is 2.24. The van der Waals surface area contributed by atoms with Crippen LogP contribution in [0.1, 0.15) is 5.56 Å². The van der Waals surface area contributed by atoms with E-state index in [1.807, 2.05) is 12.1 Å². The summed E-state index contributed by atoms with van der Waals surface area (Å²) in [5, 5.41) is 5.32. The van der Waals surface area contributed by atoms with Crippen molar-refractivity contribution in [2.24, 2.45) is 4.99 Å². The lowest BCUT2D eigenvalue weighted by Gasteiger charge is -2.06. The lowest BCUT2D eigenvalue weighted by atomic mass is 10.2. The topological polar surface area (TPSA) is 29.3 Å². The van der Waals surface area contributed by atoms with Crippen molar-refractivity contribution in [2.45, 2.75) is 13.5 Å². The summed E-state index contributed by atoms with van der Waals surface area (Å²) in [6.07, 6.45) is 2.16. The summed E-state index contributed by atoms with van der Waals surface area (Å²) in [6.45, 7) is 4.75. The highest BCUT2D eigenvalue weighted by Gasteiger charge is 2.10. The molecule has 17 heavy (non-hydrogen) atoms. The molecule has 0 amide bonds. The van der Waals surface area contributed by atoms with Crippen LogP contribution in [0.3, 0.4) is 0 Å². The van der Waals surface area contributed by atoms with Crippen LogP contribution in [0.4, 0.5) is 0 Å². The van der Waals surface area contributed by atoms with Crippen LogP contribution < -0.4 is 5.32 Å². The smallest absolute Gasteiger partial charge is 0.117 e. The average molecular weight is 248 g/mol. The Kier molecular flexibility index (Phi) is 2.56. The SMILES string of the molecule is Cc1cn(CC2=NCCN2)c2cc(Cl)ccc12. The lowest BCUT2D eigenvalue weighted by molar-refractivity contribution is 0.860. The third-order valence-electron chi connectivity index (χ3n) is 3.11. The number of halogens is 1. The van der Waals surface area contributed by atoms with E-state index in [0.29, 0.717) is 0 Å². The van der Waals surface area contributed by atoms with Crippen molar-refractivity contribution in [2.75, 3.05) is 13.1 Å². The van der Waals surface area contributed by atoms with Gasteiger partial charge in [0.1, 0.15) is 5.84 Å². The Morgan fingerprint density at radius 3 is 3.12 bits per heavy atom. The quantitative estimate of drug-likeness (QED) is 0.869. The first-order valence-electron chi connectivity index (χ1n) is 5.76. The molecule has 3 nitrogen and oxygen atoms in total. The molecular formula is C13H14ClN3. The first kappa shape index (κ1) is 10.7. The highest BCUT2D eigenvalue weighted by atomic mass is 35.5. The van der Waals surface area contributed by atoms with Crippen molar-refractivity contribution >= 4 is 28.3 Å². The molecule has 2 aromatic rings. The predicted octanol–water partition coefficient (Wildman–Crippen LogP) is 2.60. The molecule has 1 aliphatic heterocycles. The van der Waals surface area contributed by atoms with E-state index < -0.39 is 0 Å². The van der Waals surface area contributed by atoms with Crippen LogP contribution in [0.15, 0.2) is 29.4 Å². The van der Waals surface area contributed by atoms with Gasteiger partial charge in [-0.2, -0.15) is 0 Å². The van der Waals surface area contributed by atoms with E-state index in [2.05, 4.69) is 34.1 Å². The fraction of sp³-hybridized carbons (Fsp3) is 0.308. The number of nitrogens with zero attached hydrogens (tertiary/aromatic N) is 2. The number of rotatable bonds is 2. The molecule has 0 radical (unpaired) electrons. The fourth-order valence-corrected chi connectivity index (χ4v) is 2.46. The molecule has 3 rings (SSSR count). The van der Waals surface area contributed by atoms with E-state index in [4.69, 9.17) is 11.6 Å². The minimum absolute atomic E-state index is 0.776. The van der Waals surface area contributed by atoms with Crippen molar-refractivity contribution in [3.05, 3.63) is 35.0 Å². The molecule has 1 aromatic heterocycles. The van der Waals surface area contributed by atoms with Crippen LogP contribution in [-0.4, -0.2) is 23.5 Å². The molecule has 4 heteroatoms. The van der Waals surface area contributed by atoms with E-state index in [1.54, 1.807) is 0 Å². The number of benzene rings is 1. The summed E-state index contributed by atoms with van der Waals surface area (Å²) in [5.74, 6) is 1.06. The molecule has 0 saturated carbocycles. The molecule has 0 atom stereocenters. The minimum Gasteiger partial charge on any atom is -0.370 e. The van der Waals surface area contributed by atoms with Crippen LogP contribution in [-0.2, 0) is 6.54 Å². The molecule has 0 bridgehead atoms. The van der Waals surface area contributed by atoms with Gasteiger partial charge in [0.2, 0.25) is 0 Å². The fourth-order valence-electron chi connectivity index (χ4n) is 2.29. The number of fused-ring (bicyclic) bond motifs is 1. The zero-order valence-electron chi connectivity index (χ0n) is 9.70. The first-order chi connectivity index (χ1) is 8.24. The number of amidine groups is 1. The molecule has 88 valence electrons. The summed E-state index contributed by atoms with van der Waals surface area (Å²) in [4.78, 5) is 4.42. The Morgan fingerprint density at radius 1 is 1.47 bits per heavy atom. The van der Waals surface area contributed by atoms with Crippen molar-refractivity contribution in [1.82, 2.24) is 9.88 Å². The number of aryl methyl sites for hydroxylation is 1. The summed E-state index contributed by atoms with van der Waals surface area (Å²) in [5.41, 5.74) is 2.45. The van der Waals surface area contributed by atoms with Gasteiger partial charge in [-0.05, 0) is 24.6 Å². The third kappa shape index (κ3) is 1.91. The van der Waals surface area contributed by atoms with E-state index in [9.17, 15) is 0 Å². The molecule has 0 saturated heterocycles. The zero-order chi connectivity index (χ0) is 11.8. The Labute approximate surface area is 105 Å². The van der Waals surface area contributed by atoms with Gasteiger partial charge in [0, 0.05) is 23.2 Å². The van der Waals surface area contributed by atoms with Gasteiger partial charge in [-0.1, -0.05) is 17.7 Å². The van der Waals surface area contributed by atoms with Crippen LogP contribution in [0, 0.1) is 6.92 Å². The summed E-state index contributed by atoms with van der Waals surface area (Å²) < 4.78 is 2.20. The van der Waals surface area contributed by atoms with Gasteiger partial charge >= 0.3 is 0 Å². The van der Waals surface area contributed by atoms with Gasteiger partial charge in [-0.25, -0.2) is 0 Å². The third-order valence-corrected chi connectivity index (χ3v) is 3.34. The molecule has 0 spiro atoms. The summed E-state index contributed by atoms with van der Waals surface area (Å²) >= 11 is 6.06. The summed E-state index contributed by atoms with van der Waals surface area (Å²) in [6, 6.07) is 6.03. The zero-order valence-corrected chi connectivity index (χ0v) is 10.5. The minimum atomic E-state index is 0.776. The lowest BCUT2D eigenvalue weighted by Crippen LogP contribution is -2.23. The Bertz CT molecular complexity index is 598. The summed E-state index contributed by atoms with van der Waals surface area (Å²) in [7, 11) is 0. The number of aromatic nitrogens is 1. The molecule has 2 heterocycles. The number of aliphatic imine (C=N–C) groups is 1. The van der Waals surface area contributed by atoms with Gasteiger partial charge in [-0.3, -0.25) is 4.99 Å². The Morgan fingerprint density at radius 2 is 2.35 bits per heavy atom. The normalized spacial score (nSPS) is 15.1. The van der Waals surface area contributed by atoms with Crippen molar-refractivity contribution in [1.29, 1.82) is 0 Å². The Hall–Kier alpha value is -1.48. The van der Waals surface area contributed by atoms with Gasteiger partial charge in [0.05, 0.1) is 18.6 Å². The van der Waals surface area contributed by atoms with Crippen molar-refractivity contribution in [3.63, 3.8) is 0 Å². The molecule has 0 aliphatic carbocycles. The Balaban J connectivity index is 2.06. The maximum absolute atomic E-state index is 6.06. The van der Waals surface area contributed by atoms with Crippen molar-refractivity contribution in [3.8, 4) is 0 Å². The second kappa shape index (κ2) is 4.08. The molecule has 1 N–H and O–H groups in total.